The lowest BCUT2D eigenvalue weighted by Gasteiger charge is -2.43. The molecule has 9 atom stereocenters. The molecule has 25 heavy (non-hydrogen) atoms. The highest BCUT2D eigenvalue weighted by atomic mass is 16.8. The first-order chi connectivity index (χ1) is 11.8. The van der Waals surface area contributed by atoms with Crippen LogP contribution in [0.3, 0.4) is 0 Å². The van der Waals surface area contributed by atoms with E-state index in [0.29, 0.717) is 6.42 Å². The van der Waals surface area contributed by atoms with Crippen LogP contribution >= 0.6 is 0 Å². The van der Waals surface area contributed by atoms with Crippen molar-refractivity contribution in [3.63, 3.8) is 0 Å². The van der Waals surface area contributed by atoms with Gasteiger partial charge in [0.05, 0.1) is 18.4 Å². The predicted molar refractivity (Wildman–Crippen MR) is 80.8 cm³/mol. The Kier molecular flexibility index (Phi) is 5.33. The van der Waals surface area contributed by atoms with Gasteiger partial charge in [0.25, 0.3) is 0 Å². The van der Waals surface area contributed by atoms with Crippen molar-refractivity contribution < 1.29 is 44.5 Å². The highest BCUT2D eigenvalue weighted by Crippen LogP contribution is 2.47. The van der Waals surface area contributed by atoms with E-state index in [1.54, 1.807) is 0 Å². The average Bonchev–Trinajstić information content (AvgIpc) is 2.97. The van der Waals surface area contributed by atoms with Crippen molar-refractivity contribution in [1.82, 2.24) is 0 Å². The maximum absolute atomic E-state index is 11.4. The molecule has 3 rings (SSSR count). The summed E-state index contributed by atoms with van der Waals surface area (Å²) in [7, 11) is 0. The van der Waals surface area contributed by atoms with Crippen molar-refractivity contribution >= 4 is 5.97 Å². The minimum atomic E-state index is -1.54. The number of aliphatic hydroxyl groups excluding tert-OH is 4. The zero-order valence-electron chi connectivity index (χ0n) is 13.8. The van der Waals surface area contributed by atoms with E-state index in [1.807, 2.05) is 6.92 Å². The van der Waals surface area contributed by atoms with Gasteiger partial charge in [-0.1, -0.05) is 6.92 Å². The third-order valence-corrected chi connectivity index (χ3v) is 5.46. The van der Waals surface area contributed by atoms with Crippen LogP contribution < -0.4 is 0 Å². The van der Waals surface area contributed by atoms with Gasteiger partial charge in [0.1, 0.15) is 24.4 Å². The summed E-state index contributed by atoms with van der Waals surface area (Å²) in [6, 6.07) is 0. The third-order valence-electron chi connectivity index (χ3n) is 5.46. The monoisotopic (exact) mass is 360 g/mol. The largest absolute Gasteiger partial charge is 0.478 e. The van der Waals surface area contributed by atoms with Crippen molar-refractivity contribution in [3.05, 3.63) is 11.8 Å². The molecule has 3 aliphatic rings. The molecule has 0 aromatic rings. The smallest absolute Gasteiger partial charge is 0.334 e. The fraction of sp³-hybridized carbons (Fsp3) is 0.812. The summed E-state index contributed by atoms with van der Waals surface area (Å²) in [6.07, 6.45) is -5.10. The number of carbonyl (C=O) groups is 1. The Hall–Kier alpha value is -1.23. The van der Waals surface area contributed by atoms with Crippen molar-refractivity contribution in [2.75, 3.05) is 6.61 Å². The Balaban J connectivity index is 1.77. The molecule has 9 nitrogen and oxygen atoms in total. The van der Waals surface area contributed by atoms with Gasteiger partial charge in [-0.25, -0.2) is 4.79 Å². The van der Waals surface area contributed by atoms with Gasteiger partial charge in [0, 0.05) is 11.8 Å². The summed E-state index contributed by atoms with van der Waals surface area (Å²) >= 11 is 0. The second-order valence-electron chi connectivity index (χ2n) is 6.95. The number of ether oxygens (including phenoxy) is 3. The van der Waals surface area contributed by atoms with E-state index in [1.165, 1.54) is 0 Å². The van der Waals surface area contributed by atoms with Gasteiger partial charge >= 0.3 is 5.97 Å². The molecule has 0 spiro atoms. The van der Waals surface area contributed by atoms with Gasteiger partial charge in [-0.05, 0) is 18.8 Å². The fourth-order valence-electron chi connectivity index (χ4n) is 4.01. The van der Waals surface area contributed by atoms with Crippen LogP contribution in [0.1, 0.15) is 19.8 Å². The van der Waals surface area contributed by atoms with Crippen molar-refractivity contribution in [2.45, 2.75) is 56.8 Å². The lowest BCUT2D eigenvalue weighted by atomic mass is 9.83. The highest BCUT2D eigenvalue weighted by molar-refractivity contribution is 5.87. The maximum atomic E-state index is 11.4. The van der Waals surface area contributed by atoms with Gasteiger partial charge in [-0.15, -0.1) is 0 Å². The highest BCUT2D eigenvalue weighted by Gasteiger charge is 2.50. The number of hydrogen-bond donors (Lipinski definition) is 5. The standard InChI is InChI=1S/C16H24O9/c1-6-2-3-7-8(14(21)22)5-23-15(10(6)7)25-16-13(20)12(19)11(18)9(4-17)24-16/h5-7,9-13,15-20H,2-4H2,1H3,(H,21,22)/t6-,7?,9-,10?,11-,12+,13-,15+,16+/m1/s1. The maximum Gasteiger partial charge on any atom is 0.334 e. The Labute approximate surface area is 144 Å². The number of carboxylic acids is 1. The molecule has 2 heterocycles. The van der Waals surface area contributed by atoms with Crippen LogP contribution in [-0.2, 0) is 19.0 Å². The van der Waals surface area contributed by atoms with E-state index in [9.17, 15) is 30.3 Å². The molecule has 0 bridgehead atoms. The van der Waals surface area contributed by atoms with E-state index < -0.39 is 49.6 Å². The molecule has 2 unspecified atom stereocenters. The molecule has 2 fully saturated rings. The molecule has 5 N–H and O–H groups in total. The van der Waals surface area contributed by atoms with Crippen molar-refractivity contribution in [2.24, 2.45) is 17.8 Å². The molecule has 1 saturated carbocycles. The normalized spacial score (nSPS) is 46.9. The summed E-state index contributed by atoms with van der Waals surface area (Å²) in [5.74, 6) is -1.35. The van der Waals surface area contributed by atoms with Gasteiger partial charge in [-0.3, -0.25) is 0 Å². The van der Waals surface area contributed by atoms with Gasteiger partial charge < -0.3 is 39.7 Å². The molecular weight excluding hydrogens is 336 g/mol. The van der Waals surface area contributed by atoms with Gasteiger partial charge in [0.2, 0.25) is 6.29 Å². The molecule has 0 aromatic heterocycles. The number of carboxylic acid groups (broad SMARTS) is 1. The van der Waals surface area contributed by atoms with Crippen molar-refractivity contribution in [1.29, 1.82) is 0 Å². The summed E-state index contributed by atoms with van der Waals surface area (Å²) in [4.78, 5) is 11.4. The predicted octanol–water partition coefficient (Wildman–Crippen LogP) is -1.21. The number of aliphatic hydroxyl groups is 4. The number of fused-ring (bicyclic) bond motifs is 1. The SMILES string of the molecule is C[C@@H]1CCC2C(C(=O)O)=CO[C@@H](O[C@@H]3O[C@H](CO)[C@@H](O)[C@H](O)[C@H]3O)C21. The molecule has 1 saturated heterocycles. The molecule has 1 aliphatic carbocycles. The summed E-state index contributed by atoms with van der Waals surface area (Å²) < 4.78 is 16.5. The van der Waals surface area contributed by atoms with Crippen LogP contribution in [0.4, 0.5) is 0 Å². The molecular formula is C16H24O9. The minimum Gasteiger partial charge on any atom is -0.478 e. The minimum absolute atomic E-state index is 0.142. The van der Waals surface area contributed by atoms with Crippen LogP contribution in [0.25, 0.3) is 0 Å². The molecule has 9 heteroatoms. The van der Waals surface area contributed by atoms with Crippen LogP contribution in [0.5, 0.6) is 0 Å². The van der Waals surface area contributed by atoms with Crippen LogP contribution in [0.2, 0.25) is 0 Å². The summed E-state index contributed by atoms with van der Waals surface area (Å²) in [6.45, 7) is 1.42. The number of rotatable bonds is 4. The van der Waals surface area contributed by atoms with E-state index in [0.717, 1.165) is 12.7 Å². The molecule has 0 radical (unpaired) electrons. The van der Waals surface area contributed by atoms with E-state index in [2.05, 4.69) is 0 Å². The zero-order valence-corrected chi connectivity index (χ0v) is 13.8. The lowest BCUT2D eigenvalue weighted by Crippen LogP contribution is -2.60. The number of hydrogen-bond acceptors (Lipinski definition) is 8. The van der Waals surface area contributed by atoms with Crippen LogP contribution in [0.15, 0.2) is 11.8 Å². The number of aliphatic carboxylic acids is 1. The van der Waals surface area contributed by atoms with E-state index in [-0.39, 0.29) is 23.3 Å². The van der Waals surface area contributed by atoms with Crippen molar-refractivity contribution in [3.8, 4) is 0 Å². The lowest BCUT2D eigenvalue weighted by molar-refractivity contribution is -0.342. The Morgan fingerprint density at radius 1 is 1.20 bits per heavy atom. The molecule has 0 amide bonds. The average molecular weight is 360 g/mol. The molecule has 2 aliphatic heterocycles. The van der Waals surface area contributed by atoms with Gasteiger partial charge in [-0.2, -0.15) is 0 Å². The first-order valence-electron chi connectivity index (χ1n) is 8.40. The topological polar surface area (TPSA) is 146 Å². The van der Waals surface area contributed by atoms with Crippen LogP contribution in [0, 0.1) is 17.8 Å². The quantitative estimate of drug-likeness (QED) is 0.417. The first-order valence-corrected chi connectivity index (χ1v) is 8.40. The second-order valence-corrected chi connectivity index (χ2v) is 6.95. The van der Waals surface area contributed by atoms with E-state index in [4.69, 9.17) is 14.2 Å². The molecule has 142 valence electrons. The summed E-state index contributed by atoms with van der Waals surface area (Å²) in [5, 5.41) is 48.3. The second kappa shape index (κ2) is 7.18. The molecule has 0 aromatic carbocycles. The van der Waals surface area contributed by atoms with Crippen LogP contribution in [-0.4, -0.2) is 75.1 Å². The Morgan fingerprint density at radius 3 is 2.56 bits per heavy atom. The van der Waals surface area contributed by atoms with E-state index >= 15 is 0 Å². The zero-order chi connectivity index (χ0) is 18.3. The van der Waals surface area contributed by atoms with Gasteiger partial charge in [0.15, 0.2) is 6.29 Å². The first kappa shape index (κ1) is 18.6. The third kappa shape index (κ3) is 3.27. The Morgan fingerprint density at radius 2 is 1.92 bits per heavy atom. The fourth-order valence-corrected chi connectivity index (χ4v) is 4.01. The Bertz CT molecular complexity index is 534. The summed E-state index contributed by atoms with van der Waals surface area (Å²) in [5.41, 5.74) is 0.197.